The Balaban J connectivity index is 2.72. The minimum absolute atomic E-state index is 0.853. The van der Waals surface area contributed by atoms with E-state index in [-0.39, 0.29) is 0 Å². The lowest BCUT2D eigenvalue weighted by molar-refractivity contribution is 0.707. The highest BCUT2D eigenvalue weighted by atomic mass is 15.2. The van der Waals surface area contributed by atoms with Gasteiger partial charge in [0, 0.05) is 19.6 Å². The van der Waals surface area contributed by atoms with Crippen molar-refractivity contribution >= 4 is 5.82 Å². The van der Waals surface area contributed by atoms with E-state index in [4.69, 9.17) is 0 Å². The molecule has 1 N–H and O–H groups in total. The summed E-state index contributed by atoms with van der Waals surface area (Å²) in [6.07, 6.45) is 0. The first-order chi connectivity index (χ1) is 7.31. The molecule has 0 saturated carbocycles. The van der Waals surface area contributed by atoms with Crippen LogP contribution in [0.3, 0.4) is 0 Å². The molecule has 1 aromatic heterocycles. The van der Waals surface area contributed by atoms with Crippen molar-refractivity contribution in [3.05, 3.63) is 23.9 Å². The van der Waals surface area contributed by atoms with Crippen molar-refractivity contribution in [2.75, 3.05) is 24.5 Å². The van der Waals surface area contributed by atoms with Crippen LogP contribution in [0.15, 0.2) is 18.2 Å². The molecule has 0 radical (unpaired) electrons. The third-order valence-corrected chi connectivity index (χ3v) is 2.44. The van der Waals surface area contributed by atoms with E-state index in [9.17, 15) is 0 Å². The second-order valence-electron chi connectivity index (χ2n) is 3.44. The fraction of sp³-hybridized carbons (Fsp3) is 0.583. The molecule has 15 heavy (non-hydrogen) atoms. The molecule has 0 aromatic carbocycles. The predicted octanol–water partition coefficient (Wildman–Crippen LogP) is 2.04. The standard InChI is InChI=1S/C12H21N3/c1-4-13-10-11-8-7-9-12(14-11)15(5-2)6-3/h7-9,13H,4-6,10H2,1-3H3. The SMILES string of the molecule is CCNCc1cccc(N(CC)CC)n1. The molecule has 0 saturated heterocycles. The van der Waals surface area contributed by atoms with Crippen molar-refractivity contribution < 1.29 is 0 Å². The van der Waals surface area contributed by atoms with Crippen molar-refractivity contribution in [2.24, 2.45) is 0 Å². The van der Waals surface area contributed by atoms with Crippen LogP contribution in [-0.4, -0.2) is 24.6 Å². The van der Waals surface area contributed by atoms with E-state index < -0.39 is 0 Å². The Bertz CT molecular complexity index is 282. The summed E-state index contributed by atoms with van der Waals surface area (Å²) in [5, 5.41) is 3.29. The molecule has 0 amide bonds. The van der Waals surface area contributed by atoms with Gasteiger partial charge < -0.3 is 10.2 Å². The molecular formula is C12H21N3. The lowest BCUT2D eigenvalue weighted by Crippen LogP contribution is -2.23. The molecule has 84 valence electrons. The lowest BCUT2D eigenvalue weighted by atomic mass is 10.3. The van der Waals surface area contributed by atoms with Gasteiger partial charge in [0.15, 0.2) is 0 Å². The molecule has 0 aliphatic rings. The van der Waals surface area contributed by atoms with Crippen molar-refractivity contribution in [1.29, 1.82) is 0 Å². The summed E-state index contributed by atoms with van der Waals surface area (Å²) in [7, 11) is 0. The van der Waals surface area contributed by atoms with E-state index in [0.29, 0.717) is 0 Å². The minimum atomic E-state index is 0.853. The summed E-state index contributed by atoms with van der Waals surface area (Å²) < 4.78 is 0. The molecule has 0 atom stereocenters. The summed E-state index contributed by atoms with van der Waals surface area (Å²) >= 11 is 0. The second kappa shape index (κ2) is 6.40. The van der Waals surface area contributed by atoms with Gasteiger partial charge in [0.2, 0.25) is 0 Å². The minimum Gasteiger partial charge on any atom is -0.357 e. The number of hydrogen-bond donors (Lipinski definition) is 1. The summed E-state index contributed by atoms with van der Waals surface area (Å²) in [6.45, 7) is 10.3. The molecule has 0 unspecified atom stereocenters. The number of pyridine rings is 1. The Hall–Kier alpha value is -1.09. The molecular weight excluding hydrogens is 186 g/mol. The molecule has 3 heteroatoms. The number of nitrogens with one attached hydrogen (secondary N) is 1. The zero-order valence-corrected chi connectivity index (χ0v) is 9.95. The van der Waals surface area contributed by atoms with Crippen LogP contribution in [0.25, 0.3) is 0 Å². The van der Waals surface area contributed by atoms with Gasteiger partial charge in [-0.15, -0.1) is 0 Å². The highest BCUT2D eigenvalue weighted by molar-refractivity contribution is 5.38. The van der Waals surface area contributed by atoms with Crippen LogP contribution in [0.5, 0.6) is 0 Å². The van der Waals surface area contributed by atoms with E-state index in [1.807, 2.05) is 0 Å². The zero-order valence-electron chi connectivity index (χ0n) is 9.95. The van der Waals surface area contributed by atoms with Gasteiger partial charge in [-0.05, 0) is 32.5 Å². The topological polar surface area (TPSA) is 28.2 Å². The van der Waals surface area contributed by atoms with Gasteiger partial charge in [-0.3, -0.25) is 0 Å². The Labute approximate surface area is 92.5 Å². The van der Waals surface area contributed by atoms with Gasteiger partial charge in [0.1, 0.15) is 5.82 Å². The molecule has 0 fully saturated rings. The zero-order chi connectivity index (χ0) is 11.1. The van der Waals surface area contributed by atoms with Crippen molar-refractivity contribution in [3.8, 4) is 0 Å². The first-order valence-corrected chi connectivity index (χ1v) is 5.73. The van der Waals surface area contributed by atoms with Crippen molar-refractivity contribution in [2.45, 2.75) is 27.3 Å². The van der Waals surface area contributed by atoms with Crippen LogP contribution < -0.4 is 10.2 Å². The maximum atomic E-state index is 4.62. The molecule has 0 bridgehead atoms. The largest absolute Gasteiger partial charge is 0.357 e. The van der Waals surface area contributed by atoms with E-state index in [0.717, 1.165) is 37.7 Å². The van der Waals surface area contributed by atoms with Crippen LogP contribution in [0.2, 0.25) is 0 Å². The van der Waals surface area contributed by atoms with Gasteiger partial charge >= 0.3 is 0 Å². The Morgan fingerprint density at radius 1 is 1.20 bits per heavy atom. The third-order valence-electron chi connectivity index (χ3n) is 2.44. The Morgan fingerprint density at radius 2 is 1.93 bits per heavy atom. The van der Waals surface area contributed by atoms with Crippen molar-refractivity contribution in [1.82, 2.24) is 10.3 Å². The van der Waals surface area contributed by atoms with Gasteiger partial charge in [0.25, 0.3) is 0 Å². The number of hydrogen-bond acceptors (Lipinski definition) is 3. The molecule has 1 rings (SSSR count). The van der Waals surface area contributed by atoms with E-state index in [2.05, 4.69) is 54.2 Å². The number of nitrogens with zero attached hydrogens (tertiary/aromatic N) is 2. The highest BCUT2D eigenvalue weighted by Gasteiger charge is 2.03. The third kappa shape index (κ3) is 3.51. The average Bonchev–Trinajstić information content (AvgIpc) is 2.29. The number of anilines is 1. The maximum Gasteiger partial charge on any atom is 0.128 e. The maximum absolute atomic E-state index is 4.62. The lowest BCUT2D eigenvalue weighted by Gasteiger charge is -2.20. The van der Waals surface area contributed by atoms with Crippen LogP contribution in [-0.2, 0) is 6.54 Å². The molecule has 0 aliphatic heterocycles. The second-order valence-corrected chi connectivity index (χ2v) is 3.44. The fourth-order valence-electron chi connectivity index (χ4n) is 1.54. The molecule has 1 heterocycles. The highest BCUT2D eigenvalue weighted by Crippen LogP contribution is 2.10. The van der Waals surface area contributed by atoms with E-state index in [1.54, 1.807) is 0 Å². The smallest absolute Gasteiger partial charge is 0.128 e. The molecule has 3 nitrogen and oxygen atoms in total. The van der Waals surface area contributed by atoms with Crippen LogP contribution in [0, 0.1) is 0 Å². The Morgan fingerprint density at radius 3 is 2.53 bits per heavy atom. The number of rotatable bonds is 6. The van der Waals surface area contributed by atoms with Gasteiger partial charge in [-0.25, -0.2) is 4.98 Å². The molecule has 0 aliphatic carbocycles. The van der Waals surface area contributed by atoms with Crippen LogP contribution >= 0.6 is 0 Å². The summed E-state index contributed by atoms with van der Waals surface area (Å²) in [5.74, 6) is 1.08. The fourth-order valence-corrected chi connectivity index (χ4v) is 1.54. The summed E-state index contributed by atoms with van der Waals surface area (Å²) in [4.78, 5) is 6.88. The predicted molar refractivity (Wildman–Crippen MR) is 65.2 cm³/mol. The first kappa shape index (κ1) is 12.0. The molecule has 0 spiro atoms. The van der Waals surface area contributed by atoms with Crippen LogP contribution in [0.4, 0.5) is 5.82 Å². The van der Waals surface area contributed by atoms with E-state index >= 15 is 0 Å². The monoisotopic (exact) mass is 207 g/mol. The Kier molecular flexibility index (Phi) is 5.12. The average molecular weight is 207 g/mol. The summed E-state index contributed by atoms with van der Waals surface area (Å²) in [6, 6.07) is 6.21. The van der Waals surface area contributed by atoms with Crippen LogP contribution in [0.1, 0.15) is 26.5 Å². The number of aromatic nitrogens is 1. The first-order valence-electron chi connectivity index (χ1n) is 5.73. The molecule has 1 aromatic rings. The van der Waals surface area contributed by atoms with Gasteiger partial charge in [-0.1, -0.05) is 13.0 Å². The summed E-state index contributed by atoms with van der Waals surface area (Å²) in [5.41, 5.74) is 1.11. The van der Waals surface area contributed by atoms with E-state index in [1.165, 1.54) is 0 Å². The normalized spacial score (nSPS) is 10.3. The quantitative estimate of drug-likeness (QED) is 0.773. The van der Waals surface area contributed by atoms with Gasteiger partial charge in [0.05, 0.1) is 5.69 Å². The van der Waals surface area contributed by atoms with Gasteiger partial charge in [-0.2, -0.15) is 0 Å². The van der Waals surface area contributed by atoms with Crippen molar-refractivity contribution in [3.63, 3.8) is 0 Å².